The molecule has 3 aliphatic heterocycles. The maximum Gasteiger partial charge on any atom is 0.417 e. The van der Waals surface area contributed by atoms with Crippen LogP contribution in [0, 0.1) is 11.7 Å². The molecule has 2 bridgehead atoms. The largest absolute Gasteiger partial charge is 0.417 e. The number of alkyl halides is 3. The van der Waals surface area contributed by atoms with Gasteiger partial charge in [-0.25, -0.2) is 4.39 Å². The summed E-state index contributed by atoms with van der Waals surface area (Å²) in [6.07, 6.45) is -1.73. The van der Waals surface area contributed by atoms with Crippen LogP contribution in [-0.2, 0) is 6.18 Å². The topological polar surface area (TPSA) is 32.3 Å². The molecule has 0 unspecified atom stereocenters. The Morgan fingerprint density at radius 3 is 2.26 bits per heavy atom. The highest BCUT2D eigenvalue weighted by Crippen LogP contribution is 2.40. The van der Waals surface area contributed by atoms with Crippen LogP contribution in [0.1, 0.15) is 46.8 Å². The van der Waals surface area contributed by atoms with Crippen LogP contribution in [-0.4, -0.2) is 29.9 Å². The van der Waals surface area contributed by atoms with Gasteiger partial charge in [-0.15, -0.1) is 0 Å². The number of hydrogen-bond donors (Lipinski definition) is 1. The Morgan fingerprint density at radius 2 is 1.71 bits per heavy atom. The predicted molar refractivity (Wildman–Crippen MR) is 111 cm³/mol. The van der Waals surface area contributed by atoms with E-state index < -0.39 is 40.1 Å². The molecule has 3 heterocycles. The van der Waals surface area contributed by atoms with Crippen LogP contribution in [0.3, 0.4) is 0 Å². The van der Waals surface area contributed by atoms with Gasteiger partial charge in [0.1, 0.15) is 5.82 Å². The fourth-order valence-corrected chi connectivity index (χ4v) is 5.27. The molecule has 0 aromatic heterocycles. The van der Waals surface area contributed by atoms with Gasteiger partial charge in [-0.2, -0.15) is 13.2 Å². The van der Waals surface area contributed by atoms with E-state index in [1.807, 2.05) is 0 Å². The standard InChI is InChI=1S/C22H20Cl2F4N2O/c23-16-6-5-15(22(26,27)28)19(24)18(16)21(31)29-20(13-1-3-14(25)4-2-13)17-11-12-7-9-30(17)10-8-12/h1-6,12,17,20H,7-11H2,(H,29,31)/t17-,20-/m0/s1. The van der Waals surface area contributed by atoms with Gasteiger partial charge in [-0.05, 0) is 68.1 Å². The fraction of sp³-hybridized carbons (Fsp3) is 0.409. The molecule has 1 N–H and O–H groups in total. The number of piperidine rings is 3. The summed E-state index contributed by atoms with van der Waals surface area (Å²) in [5.74, 6) is -0.683. The van der Waals surface area contributed by atoms with Crippen molar-refractivity contribution in [3.63, 3.8) is 0 Å². The van der Waals surface area contributed by atoms with Crippen molar-refractivity contribution in [2.45, 2.75) is 37.5 Å². The molecule has 0 radical (unpaired) electrons. The summed E-state index contributed by atoms with van der Waals surface area (Å²) >= 11 is 12.0. The van der Waals surface area contributed by atoms with Gasteiger partial charge in [0.15, 0.2) is 0 Å². The third-order valence-corrected chi connectivity index (χ3v) is 6.92. The number of carbonyl (C=O) groups excluding carboxylic acids is 1. The molecule has 3 saturated heterocycles. The molecule has 3 nitrogen and oxygen atoms in total. The molecule has 166 valence electrons. The van der Waals surface area contributed by atoms with Crippen molar-refractivity contribution >= 4 is 29.1 Å². The lowest BCUT2D eigenvalue weighted by atomic mass is 9.79. The molecule has 0 spiro atoms. The van der Waals surface area contributed by atoms with Crippen molar-refractivity contribution in [3.05, 3.63) is 69.0 Å². The third kappa shape index (κ3) is 4.54. The molecule has 2 aromatic carbocycles. The molecule has 2 aromatic rings. The van der Waals surface area contributed by atoms with E-state index in [-0.39, 0.29) is 11.1 Å². The molecule has 1 amide bonds. The van der Waals surface area contributed by atoms with E-state index in [9.17, 15) is 22.4 Å². The molecule has 9 heteroatoms. The first-order valence-electron chi connectivity index (χ1n) is 10.0. The van der Waals surface area contributed by atoms with Crippen molar-refractivity contribution in [1.29, 1.82) is 0 Å². The lowest BCUT2D eigenvalue weighted by Crippen LogP contribution is -2.54. The van der Waals surface area contributed by atoms with Crippen molar-refractivity contribution in [3.8, 4) is 0 Å². The minimum Gasteiger partial charge on any atom is -0.344 e. The van der Waals surface area contributed by atoms with Crippen molar-refractivity contribution < 1.29 is 22.4 Å². The first kappa shape index (κ1) is 22.4. The monoisotopic (exact) mass is 474 g/mol. The fourth-order valence-electron chi connectivity index (χ4n) is 4.62. The van der Waals surface area contributed by atoms with Gasteiger partial charge in [0.25, 0.3) is 5.91 Å². The van der Waals surface area contributed by atoms with E-state index in [0.29, 0.717) is 11.5 Å². The lowest BCUT2D eigenvalue weighted by molar-refractivity contribution is -0.137. The summed E-state index contributed by atoms with van der Waals surface area (Å²) in [5, 5.41) is 1.94. The van der Waals surface area contributed by atoms with Gasteiger partial charge >= 0.3 is 6.18 Å². The van der Waals surface area contributed by atoms with E-state index >= 15 is 0 Å². The Bertz CT molecular complexity index is 973. The van der Waals surface area contributed by atoms with Crippen molar-refractivity contribution in [1.82, 2.24) is 10.2 Å². The number of rotatable bonds is 4. The summed E-state index contributed by atoms with van der Waals surface area (Å²) in [5.41, 5.74) is -0.865. The first-order valence-corrected chi connectivity index (χ1v) is 10.8. The van der Waals surface area contributed by atoms with Crippen LogP contribution in [0.4, 0.5) is 17.6 Å². The number of nitrogens with zero attached hydrogens (tertiary/aromatic N) is 1. The van der Waals surface area contributed by atoms with Crippen LogP contribution in [0.2, 0.25) is 10.0 Å². The van der Waals surface area contributed by atoms with Crippen LogP contribution in [0.25, 0.3) is 0 Å². The summed E-state index contributed by atoms with van der Waals surface area (Å²) in [6, 6.07) is 6.94. The van der Waals surface area contributed by atoms with Crippen LogP contribution in [0.15, 0.2) is 36.4 Å². The van der Waals surface area contributed by atoms with Crippen molar-refractivity contribution in [2.75, 3.05) is 13.1 Å². The normalized spacial score (nSPS) is 24.1. The zero-order valence-corrected chi connectivity index (χ0v) is 17.9. The summed E-state index contributed by atoms with van der Waals surface area (Å²) in [7, 11) is 0. The molecular formula is C22H20Cl2F4N2O. The molecule has 2 atom stereocenters. The van der Waals surface area contributed by atoms with Crippen molar-refractivity contribution in [2.24, 2.45) is 5.92 Å². The van der Waals surface area contributed by atoms with Gasteiger partial charge in [0, 0.05) is 6.04 Å². The minimum absolute atomic E-state index is 0.0507. The van der Waals surface area contributed by atoms with E-state index in [0.717, 1.165) is 44.5 Å². The second-order valence-corrected chi connectivity index (χ2v) is 8.85. The molecule has 5 rings (SSSR count). The van der Waals surface area contributed by atoms with E-state index in [2.05, 4.69) is 10.2 Å². The number of halogens is 6. The number of benzene rings is 2. The van der Waals surface area contributed by atoms with Gasteiger partial charge < -0.3 is 5.32 Å². The highest BCUT2D eigenvalue weighted by atomic mass is 35.5. The van der Waals surface area contributed by atoms with Crippen LogP contribution >= 0.6 is 23.2 Å². The molecule has 31 heavy (non-hydrogen) atoms. The quantitative estimate of drug-likeness (QED) is 0.542. The van der Waals surface area contributed by atoms with Gasteiger partial charge in [0.2, 0.25) is 0 Å². The summed E-state index contributed by atoms with van der Waals surface area (Å²) in [4.78, 5) is 15.4. The van der Waals surface area contributed by atoms with Crippen LogP contribution in [0.5, 0.6) is 0 Å². The Kier molecular flexibility index (Phi) is 6.21. The SMILES string of the molecule is O=C(N[C@@H](c1ccc(F)cc1)[C@@H]1CC2CCN1CC2)c1c(Cl)ccc(C(F)(F)F)c1Cl. The lowest BCUT2D eigenvalue weighted by Gasteiger charge is -2.48. The highest BCUT2D eigenvalue weighted by molar-refractivity contribution is 6.40. The molecule has 0 aliphatic carbocycles. The molecule has 3 fully saturated rings. The number of fused-ring (bicyclic) bond motifs is 3. The van der Waals surface area contributed by atoms with Crippen LogP contribution < -0.4 is 5.32 Å². The number of nitrogens with one attached hydrogen (secondary N) is 1. The molecule has 3 aliphatic rings. The second kappa shape index (κ2) is 8.60. The van der Waals surface area contributed by atoms with E-state index in [1.165, 1.54) is 12.1 Å². The number of carbonyl (C=O) groups is 1. The van der Waals surface area contributed by atoms with E-state index in [1.54, 1.807) is 12.1 Å². The zero-order chi connectivity index (χ0) is 22.3. The Labute approximate surface area is 187 Å². The summed E-state index contributed by atoms with van der Waals surface area (Å²) in [6.45, 7) is 1.77. The number of amides is 1. The number of hydrogen-bond acceptors (Lipinski definition) is 2. The smallest absolute Gasteiger partial charge is 0.344 e. The average molecular weight is 475 g/mol. The van der Waals surface area contributed by atoms with Gasteiger partial charge in [-0.1, -0.05) is 35.3 Å². The summed E-state index contributed by atoms with van der Waals surface area (Å²) < 4.78 is 53.3. The maximum absolute atomic E-state index is 13.5. The average Bonchev–Trinajstić information content (AvgIpc) is 2.72. The molecular weight excluding hydrogens is 455 g/mol. The highest BCUT2D eigenvalue weighted by Gasteiger charge is 2.40. The minimum atomic E-state index is -4.72. The van der Waals surface area contributed by atoms with Gasteiger partial charge in [-0.3, -0.25) is 9.69 Å². The van der Waals surface area contributed by atoms with Gasteiger partial charge in [0.05, 0.1) is 27.2 Å². The predicted octanol–water partition coefficient (Wildman–Crippen LogP) is 6.11. The Balaban J connectivity index is 1.69. The third-order valence-electron chi connectivity index (χ3n) is 6.22. The maximum atomic E-state index is 13.5. The molecule has 0 saturated carbocycles. The Morgan fingerprint density at radius 1 is 1.06 bits per heavy atom. The first-order chi connectivity index (χ1) is 14.6. The zero-order valence-electron chi connectivity index (χ0n) is 16.4. The second-order valence-electron chi connectivity index (χ2n) is 8.07. The van der Waals surface area contributed by atoms with E-state index in [4.69, 9.17) is 23.2 Å². The Hall–Kier alpha value is -1.83.